The van der Waals surface area contributed by atoms with Crippen molar-refractivity contribution in [3.05, 3.63) is 23.0 Å². The molecule has 4 heteroatoms. The predicted octanol–water partition coefficient (Wildman–Crippen LogP) is 3.52. The van der Waals surface area contributed by atoms with Crippen LogP contribution >= 0.6 is 0 Å². The number of allylic oxidation sites excluding steroid dienone is 1. The lowest BCUT2D eigenvalue weighted by Crippen LogP contribution is -2.43. The summed E-state index contributed by atoms with van der Waals surface area (Å²) in [6.45, 7) is 6.77. The fourth-order valence-corrected chi connectivity index (χ4v) is 4.68. The van der Waals surface area contributed by atoms with E-state index in [1.54, 1.807) is 0 Å². The van der Waals surface area contributed by atoms with Gasteiger partial charge in [-0.25, -0.2) is 0 Å². The van der Waals surface area contributed by atoms with Gasteiger partial charge >= 0.3 is 0 Å². The Labute approximate surface area is 151 Å². The van der Waals surface area contributed by atoms with E-state index in [0.717, 1.165) is 37.0 Å². The molecule has 0 aromatic carbocycles. The second-order valence-corrected chi connectivity index (χ2v) is 8.52. The normalized spacial score (nSPS) is 34.1. The minimum Gasteiger partial charge on any atom is -0.491 e. The van der Waals surface area contributed by atoms with Crippen LogP contribution in [-0.4, -0.2) is 34.3 Å². The van der Waals surface area contributed by atoms with Crippen LogP contribution in [0.15, 0.2) is 23.0 Å². The van der Waals surface area contributed by atoms with Crippen molar-refractivity contribution in [2.24, 2.45) is 17.8 Å². The smallest absolute Gasteiger partial charge is 0.190 e. The molecule has 0 radical (unpaired) electrons. The molecule has 1 aliphatic heterocycles. The van der Waals surface area contributed by atoms with Crippen molar-refractivity contribution in [3.63, 3.8) is 0 Å². The fourth-order valence-electron chi connectivity index (χ4n) is 4.68. The number of ether oxygens (including phenoxy) is 1. The highest BCUT2D eigenvalue weighted by molar-refractivity contribution is 6.00. The molecule has 25 heavy (non-hydrogen) atoms. The van der Waals surface area contributed by atoms with Gasteiger partial charge < -0.3 is 14.9 Å². The summed E-state index contributed by atoms with van der Waals surface area (Å²) in [6.07, 6.45) is 7.51. The molecule has 2 N–H and O–H groups in total. The number of aliphatic hydroxyl groups excluding tert-OH is 2. The van der Waals surface area contributed by atoms with E-state index in [0.29, 0.717) is 31.1 Å². The minimum atomic E-state index is -0.849. The number of carbonyl (C=O) groups is 1. The first-order valence-electron chi connectivity index (χ1n) is 9.80. The third kappa shape index (κ3) is 3.56. The first-order valence-corrected chi connectivity index (χ1v) is 9.80. The molecule has 1 heterocycles. The lowest BCUT2D eigenvalue weighted by atomic mass is 9.73. The Morgan fingerprint density at radius 2 is 2.12 bits per heavy atom. The Bertz CT molecular complexity index is 591. The van der Waals surface area contributed by atoms with Crippen LogP contribution in [0.3, 0.4) is 0 Å². The van der Waals surface area contributed by atoms with Crippen molar-refractivity contribution >= 4 is 5.78 Å². The number of ketones is 1. The van der Waals surface area contributed by atoms with Crippen LogP contribution < -0.4 is 0 Å². The van der Waals surface area contributed by atoms with Gasteiger partial charge in [0.2, 0.25) is 0 Å². The van der Waals surface area contributed by atoms with E-state index in [1.165, 1.54) is 5.57 Å². The highest BCUT2D eigenvalue weighted by atomic mass is 16.5. The molecule has 4 nitrogen and oxygen atoms in total. The number of Topliss-reactive ketones (excluding diaryl/α,β-unsaturated/α-hetero) is 1. The van der Waals surface area contributed by atoms with Crippen molar-refractivity contribution in [1.82, 2.24) is 0 Å². The zero-order chi connectivity index (χ0) is 18.2. The van der Waals surface area contributed by atoms with Gasteiger partial charge in [-0.1, -0.05) is 31.9 Å². The number of rotatable bonds is 6. The largest absolute Gasteiger partial charge is 0.491 e. The molecular formula is C21H32O4. The van der Waals surface area contributed by atoms with Gasteiger partial charge in [0, 0.05) is 30.9 Å². The van der Waals surface area contributed by atoms with Crippen molar-refractivity contribution in [2.75, 3.05) is 6.61 Å². The first kappa shape index (κ1) is 18.7. The maximum atomic E-state index is 12.4. The number of fused-ring (bicyclic) bond motifs is 1. The summed E-state index contributed by atoms with van der Waals surface area (Å²) in [5, 5.41) is 19.1. The van der Waals surface area contributed by atoms with Crippen LogP contribution in [0.4, 0.5) is 0 Å². The van der Waals surface area contributed by atoms with Crippen LogP contribution in [0.5, 0.6) is 0 Å². The molecule has 3 rings (SSSR count). The Morgan fingerprint density at radius 3 is 2.84 bits per heavy atom. The highest BCUT2D eigenvalue weighted by Crippen LogP contribution is 2.51. The zero-order valence-electron chi connectivity index (χ0n) is 15.8. The van der Waals surface area contributed by atoms with E-state index in [2.05, 4.69) is 26.8 Å². The fraction of sp³-hybridized carbons (Fsp3) is 0.762. The topological polar surface area (TPSA) is 66.8 Å². The second kappa shape index (κ2) is 7.24. The number of hydrogen-bond acceptors (Lipinski definition) is 4. The van der Waals surface area contributed by atoms with E-state index in [9.17, 15) is 15.0 Å². The van der Waals surface area contributed by atoms with Gasteiger partial charge in [0.15, 0.2) is 5.78 Å². The summed E-state index contributed by atoms with van der Waals surface area (Å²) < 4.78 is 6.32. The van der Waals surface area contributed by atoms with Crippen LogP contribution in [0.1, 0.15) is 65.7 Å². The van der Waals surface area contributed by atoms with Gasteiger partial charge in [0.1, 0.15) is 17.5 Å². The number of carbonyl (C=O) groups excluding carboxylic acids is 1. The maximum Gasteiger partial charge on any atom is 0.190 e. The molecule has 0 saturated carbocycles. The Kier molecular flexibility index (Phi) is 5.40. The molecule has 0 unspecified atom stereocenters. The molecule has 2 aliphatic carbocycles. The summed E-state index contributed by atoms with van der Waals surface area (Å²) >= 11 is 0. The third-order valence-electron chi connectivity index (χ3n) is 6.44. The van der Waals surface area contributed by atoms with Gasteiger partial charge in [0.25, 0.3) is 0 Å². The molecule has 140 valence electrons. The van der Waals surface area contributed by atoms with Crippen molar-refractivity contribution in [2.45, 2.75) is 77.4 Å². The summed E-state index contributed by atoms with van der Waals surface area (Å²) in [5.74, 6) is 1.77. The number of aliphatic hydroxyl groups is 2. The summed E-state index contributed by atoms with van der Waals surface area (Å²) in [7, 11) is 0. The Morgan fingerprint density at radius 1 is 1.36 bits per heavy atom. The SMILES string of the molecule is C[C@H](CO)CCC[C@@H](C)C1=CC[C@]2(C)OC3=C(C[C@H]12)C(=O)[C@@H](O)CC3. The van der Waals surface area contributed by atoms with Crippen LogP contribution in [0, 0.1) is 17.8 Å². The van der Waals surface area contributed by atoms with E-state index < -0.39 is 6.10 Å². The quantitative estimate of drug-likeness (QED) is 0.721. The van der Waals surface area contributed by atoms with E-state index in [4.69, 9.17) is 4.74 Å². The van der Waals surface area contributed by atoms with Crippen molar-refractivity contribution in [1.29, 1.82) is 0 Å². The zero-order valence-corrected chi connectivity index (χ0v) is 15.8. The standard InChI is InChI=1S/C21H32O4/c1-13(12-22)5-4-6-14(2)15-9-10-21(3)17(15)11-16-19(25-21)8-7-18(23)20(16)24/h9,13-14,17-18,22-23H,4-8,10-12H2,1-3H3/t13-,14+,17+,18-,21-/m0/s1. The van der Waals surface area contributed by atoms with Gasteiger partial charge in [-0.3, -0.25) is 4.79 Å². The van der Waals surface area contributed by atoms with Gasteiger partial charge in [0.05, 0.1) is 0 Å². The molecule has 0 fully saturated rings. The Hall–Kier alpha value is -1.13. The molecule has 5 atom stereocenters. The molecule has 0 aromatic rings. The van der Waals surface area contributed by atoms with E-state index in [-0.39, 0.29) is 23.9 Å². The molecule has 0 amide bonds. The van der Waals surface area contributed by atoms with E-state index in [1.807, 2.05) is 0 Å². The molecule has 0 aromatic heterocycles. The molecule has 0 saturated heterocycles. The van der Waals surface area contributed by atoms with Crippen molar-refractivity contribution < 1.29 is 19.7 Å². The van der Waals surface area contributed by atoms with Crippen molar-refractivity contribution in [3.8, 4) is 0 Å². The maximum absolute atomic E-state index is 12.4. The van der Waals surface area contributed by atoms with Crippen LogP contribution in [-0.2, 0) is 9.53 Å². The average Bonchev–Trinajstić information content (AvgIpc) is 2.93. The highest BCUT2D eigenvalue weighted by Gasteiger charge is 2.49. The predicted molar refractivity (Wildman–Crippen MR) is 96.8 cm³/mol. The Balaban J connectivity index is 1.69. The summed E-state index contributed by atoms with van der Waals surface area (Å²) in [5.41, 5.74) is 1.91. The molecular weight excluding hydrogens is 316 g/mol. The minimum absolute atomic E-state index is 0.126. The summed E-state index contributed by atoms with van der Waals surface area (Å²) in [4.78, 5) is 12.4. The molecule has 3 aliphatic rings. The molecule has 0 bridgehead atoms. The van der Waals surface area contributed by atoms with Crippen LogP contribution in [0.2, 0.25) is 0 Å². The van der Waals surface area contributed by atoms with Crippen LogP contribution in [0.25, 0.3) is 0 Å². The second-order valence-electron chi connectivity index (χ2n) is 8.52. The summed E-state index contributed by atoms with van der Waals surface area (Å²) in [6, 6.07) is 0. The van der Waals surface area contributed by atoms with Gasteiger partial charge in [-0.2, -0.15) is 0 Å². The monoisotopic (exact) mass is 348 g/mol. The lowest BCUT2D eigenvalue weighted by molar-refractivity contribution is -0.127. The lowest BCUT2D eigenvalue weighted by Gasteiger charge is -2.43. The third-order valence-corrected chi connectivity index (χ3v) is 6.44. The number of hydrogen-bond donors (Lipinski definition) is 2. The van der Waals surface area contributed by atoms with Gasteiger partial charge in [-0.05, 0) is 44.4 Å². The van der Waals surface area contributed by atoms with E-state index >= 15 is 0 Å². The molecule has 0 spiro atoms. The van der Waals surface area contributed by atoms with Gasteiger partial charge in [-0.15, -0.1) is 0 Å². The average molecular weight is 348 g/mol. The first-order chi connectivity index (χ1) is 11.9.